The lowest BCUT2D eigenvalue weighted by molar-refractivity contribution is 0.130. The second-order valence-corrected chi connectivity index (χ2v) is 5.52. The summed E-state index contributed by atoms with van der Waals surface area (Å²) in [5.74, 6) is 2.39. The highest BCUT2D eigenvalue weighted by Gasteiger charge is 2.26. The molecular weight excluding hydrogens is 228 g/mol. The molecule has 5 heteroatoms. The summed E-state index contributed by atoms with van der Waals surface area (Å²) < 4.78 is 1.90. The molecule has 0 spiro atoms. The van der Waals surface area contributed by atoms with Gasteiger partial charge in [-0.15, -0.1) is 0 Å². The molecule has 0 aromatic carbocycles. The van der Waals surface area contributed by atoms with Crippen molar-refractivity contribution in [2.45, 2.75) is 45.3 Å². The van der Waals surface area contributed by atoms with Crippen LogP contribution >= 0.6 is 0 Å². The molecule has 2 atom stereocenters. The lowest BCUT2D eigenvalue weighted by atomic mass is 10.1. The Kier molecular flexibility index (Phi) is 3.35. The third kappa shape index (κ3) is 2.29. The van der Waals surface area contributed by atoms with Gasteiger partial charge < -0.3 is 10.0 Å². The van der Waals surface area contributed by atoms with Gasteiger partial charge in [-0.1, -0.05) is 6.92 Å². The van der Waals surface area contributed by atoms with Gasteiger partial charge in [-0.3, -0.25) is 0 Å². The minimum atomic E-state index is -0.407. The smallest absolute Gasteiger partial charge is 0.156 e. The molecule has 1 N–H and O–H groups in total. The molecular formula is C13H22N4O. The van der Waals surface area contributed by atoms with Crippen molar-refractivity contribution in [2.75, 3.05) is 19.6 Å². The summed E-state index contributed by atoms with van der Waals surface area (Å²) in [6.07, 6.45) is 3.63. The third-order valence-corrected chi connectivity index (χ3v) is 4.18. The molecule has 0 radical (unpaired) electrons. The molecule has 2 aliphatic rings. The second-order valence-electron chi connectivity index (χ2n) is 5.52. The minimum absolute atomic E-state index is 0.407. The molecule has 1 fully saturated rings. The molecule has 1 aromatic heterocycles. The largest absolute Gasteiger partial charge is 0.385 e. The van der Waals surface area contributed by atoms with E-state index in [0.29, 0.717) is 5.92 Å². The molecule has 2 aliphatic heterocycles. The summed E-state index contributed by atoms with van der Waals surface area (Å²) >= 11 is 0. The van der Waals surface area contributed by atoms with Crippen molar-refractivity contribution in [3.05, 3.63) is 11.6 Å². The second kappa shape index (κ2) is 4.97. The number of aliphatic hydroxyl groups is 1. The van der Waals surface area contributed by atoms with E-state index >= 15 is 0 Å². The Hall–Kier alpha value is -0.940. The van der Waals surface area contributed by atoms with Crippen molar-refractivity contribution in [1.82, 2.24) is 19.7 Å². The first-order valence-electron chi connectivity index (χ1n) is 7.10. The zero-order valence-corrected chi connectivity index (χ0v) is 11.0. The molecule has 18 heavy (non-hydrogen) atoms. The molecule has 5 nitrogen and oxygen atoms in total. The quantitative estimate of drug-likeness (QED) is 0.869. The highest BCUT2D eigenvalue weighted by atomic mass is 16.3. The summed E-state index contributed by atoms with van der Waals surface area (Å²) in [5.41, 5.74) is 0. The Bertz CT molecular complexity index is 417. The summed E-state index contributed by atoms with van der Waals surface area (Å²) in [7, 11) is 0. The predicted octanol–water partition coefficient (Wildman–Crippen LogP) is 0.990. The van der Waals surface area contributed by atoms with Gasteiger partial charge in [0, 0.05) is 19.5 Å². The van der Waals surface area contributed by atoms with Gasteiger partial charge in [0.2, 0.25) is 0 Å². The van der Waals surface area contributed by atoms with Crippen molar-refractivity contribution in [3.63, 3.8) is 0 Å². The monoisotopic (exact) mass is 250 g/mol. The molecule has 2 unspecified atom stereocenters. The topological polar surface area (TPSA) is 54.2 Å². The van der Waals surface area contributed by atoms with E-state index in [-0.39, 0.29) is 0 Å². The molecule has 1 aromatic rings. The molecule has 0 aliphatic carbocycles. The van der Waals surface area contributed by atoms with Crippen LogP contribution in [0.2, 0.25) is 0 Å². The zero-order valence-electron chi connectivity index (χ0n) is 11.0. The number of fused-ring (bicyclic) bond motifs is 1. The number of aromatic nitrogens is 3. The molecule has 0 bridgehead atoms. The highest BCUT2D eigenvalue weighted by Crippen LogP contribution is 2.24. The van der Waals surface area contributed by atoms with Crippen molar-refractivity contribution in [1.29, 1.82) is 0 Å². The number of nitrogens with zero attached hydrogens (tertiary/aromatic N) is 4. The third-order valence-electron chi connectivity index (χ3n) is 4.18. The van der Waals surface area contributed by atoms with Gasteiger partial charge >= 0.3 is 0 Å². The number of likely N-dealkylation sites (tertiary alicyclic amines) is 1. The van der Waals surface area contributed by atoms with Gasteiger partial charge in [-0.2, -0.15) is 5.10 Å². The summed E-state index contributed by atoms with van der Waals surface area (Å²) in [6, 6.07) is 0. The van der Waals surface area contributed by atoms with E-state index in [2.05, 4.69) is 21.9 Å². The first-order valence-corrected chi connectivity index (χ1v) is 7.10. The van der Waals surface area contributed by atoms with Gasteiger partial charge in [0.15, 0.2) is 11.6 Å². The van der Waals surface area contributed by atoms with Crippen LogP contribution in [0.3, 0.4) is 0 Å². The van der Waals surface area contributed by atoms with E-state index in [1.807, 2.05) is 4.68 Å². The van der Waals surface area contributed by atoms with Crippen molar-refractivity contribution in [2.24, 2.45) is 5.92 Å². The van der Waals surface area contributed by atoms with Gasteiger partial charge in [-0.05, 0) is 38.3 Å². The van der Waals surface area contributed by atoms with E-state index in [1.165, 1.54) is 19.5 Å². The lowest BCUT2D eigenvalue weighted by Crippen LogP contribution is -2.20. The molecule has 0 amide bonds. The van der Waals surface area contributed by atoms with Crippen LogP contribution in [0.5, 0.6) is 0 Å². The van der Waals surface area contributed by atoms with Crippen LogP contribution in [0.1, 0.15) is 43.9 Å². The van der Waals surface area contributed by atoms with Crippen molar-refractivity contribution >= 4 is 0 Å². The maximum Gasteiger partial charge on any atom is 0.156 e. The number of rotatable bonds is 3. The van der Waals surface area contributed by atoms with E-state index < -0.39 is 6.10 Å². The molecule has 1 saturated heterocycles. The Labute approximate surface area is 108 Å². The number of aliphatic hydroxyl groups excluding tert-OH is 1. The first-order chi connectivity index (χ1) is 8.76. The van der Waals surface area contributed by atoms with Crippen LogP contribution in [-0.4, -0.2) is 44.4 Å². The van der Waals surface area contributed by atoms with E-state index in [9.17, 15) is 5.11 Å². The van der Waals surface area contributed by atoms with Gasteiger partial charge in [0.05, 0.1) is 0 Å². The SMILES string of the molecule is CCN1CCC(Cc2nc3n(n2)CCCC3O)C1. The van der Waals surface area contributed by atoms with Crippen molar-refractivity contribution in [3.8, 4) is 0 Å². The lowest BCUT2D eigenvalue weighted by Gasteiger charge is -2.16. The van der Waals surface area contributed by atoms with Crippen LogP contribution in [0.4, 0.5) is 0 Å². The Morgan fingerprint density at radius 1 is 1.33 bits per heavy atom. The number of hydrogen-bond acceptors (Lipinski definition) is 4. The first kappa shape index (κ1) is 12.1. The van der Waals surface area contributed by atoms with Crippen LogP contribution in [0.15, 0.2) is 0 Å². The zero-order chi connectivity index (χ0) is 12.5. The summed E-state index contributed by atoms with van der Waals surface area (Å²) in [4.78, 5) is 7.01. The van der Waals surface area contributed by atoms with Crippen LogP contribution in [0, 0.1) is 5.92 Å². The predicted molar refractivity (Wildman–Crippen MR) is 68.1 cm³/mol. The summed E-state index contributed by atoms with van der Waals surface area (Å²) in [5, 5.41) is 14.4. The standard InChI is InChI=1S/C13H22N4O/c1-2-16-7-5-10(9-16)8-12-14-13-11(18)4-3-6-17(13)15-12/h10-11,18H,2-9H2,1H3. The maximum absolute atomic E-state index is 9.88. The van der Waals surface area contributed by atoms with E-state index in [1.54, 1.807) is 0 Å². The Morgan fingerprint density at radius 2 is 2.22 bits per heavy atom. The molecule has 3 heterocycles. The average Bonchev–Trinajstić information content (AvgIpc) is 2.96. The molecule has 0 saturated carbocycles. The molecule has 3 rings (SSSR count). The van der Waals surface area contributed by atoms with Crippen LogP contribution in [0.25, 0.3) is 0 Å². The molecule has 100 valence electrons. The number of aryl methyl sites for hydroxylation is 1. The van der Waals surface area contributed by atoms with E-state index in [0.717, 1.165) is 44.0 Å². The Morgan fingerprint density at radius 3 is 2.94 bits per heavy atom. The minimum Gasteiger partial charge on any atom is -0.385 e. The fourth-order valence-electron chi connectivity index (χ4n) is 3.09. The van der Waals surface area contributed by atoms with E-state index in [4.69, 9.17) is 0 Å². The van der Waals surface area contributed by atoms with Crippen LogP contribution in [-0.2, 0) is 13.0 Å². The number of hydrogen-bond donors (Lipinski definition) is 1. The van der Waals surface area contributed by atoms with Crippen LogP contribution < -0.4 is 0 Å². The average molecular weight is 250 g/mol. The normalized spacial score (nSPS) is 28.6. The Balaban J connectivity index is 1.67. The van der Waals surface area contributed by atoms with Crippen molar-refractivity contribution < 1.29 is 5.11 Å². The van der Waals surface area contributed by atoms with Gasteiger partial charge in [0.1, 0.15) is 6.10 Å². The summed E-state index contributed by atoms with van der Waals surface area (Å²) in [6.45, 7) is 6.64. The van der Waals surface area contributed by atoms with Gasteiger partial charge in [0.25, 0.3) is 0 Å². The fraction of sp³-hybridized carbons (Fsp3) is 0.846. The fourth-order valence-corrected chi connectivity index (χ4v) is 3.09. The highest BCUT2D eigenvalue weighted by molar-refractivity contribution is 5.00. The van der Waals surface area contributed by atoms with Gasteiger partial charge in [-0.25, -0.2) is 9.67 Å². The maximum atomic E-state index is 9.88.